The topological polar surface area (TPSA) is 9.23 Å². The second-order valence-corrected chi connectivity index (χ2v) is 6.80. The normalized spacial score (nSPS) is 21.2. The highest BCUT2D eigenvalue weighted by Gasteiger charge is 2.38. The largest absolute Gasteiger partial charge is 0.496 e. The van der Waals surface area contributed by atoms with Crippen molar-refractivity contribution in [2.24, 2.45) is 5.92 Å². The number of methoxy groups -OCH3 is 1. The lowest BCUT2D eigenvalue weighted by atomic mass is 9.74. The minimum absolute atomic E-state index is 0.0288. The molecule has 0 amide bonds. The number of hydrogen-bond acceptors (Lipinski definition) is 1. The van der Waals surface area contributed by atoms with Crippen LogP contribution >= 0.6 is 0 Å². The summed E-state index contributed by atoms with van der Waals surface area (Å²) in [7, 11) is 1.45. The van der Waals surface area contributed by atoms with Gasteiger partial charge in [0.2, 0.25) is 0 Å². The van der Waals surface area contributed by atoms with Gasteiger partial charge in [-0.05, 0) is 29.9 Å². The van der Waals surface area contributed by atoms with Crippen LogP contribution in [0.5, 0.6) is 5.75 Å². The van der Waals surface area contributed by atoms with Gasteiger partial charge < -0.3 is 4.74 Å². The Balaban J connectivity index is 2.60. The van der Waals surface area contributed by atoms with Crippen molar-refractivity contribution in [3.63, 3.8) is 0 Å². The molecule has 2 atom stereocenters. The third-order valence-corrected chi connectivity index (χ3v) is 4.75. The average Bonchev–Trinajstić information content (AvgIpc) is 2.52. The van der Waals surface area contributed by atoms with E-state index in [9.17, 15) is 17.6 Å². The molecule has 0 saturated heterocycles. The van der Waals surface area contributed by atoms with Crippen LogP contribution in [-0.4, -0.2) is 13.3 Å². The van der Waals surface area contributed by atoms with Crippen LogP contribution < -0.4 is 4.74 Å². The summed E-state index contributed by atoms with van der Waals surface area (Å²) in [6, 6.07) is 3.09. The Bertz CT molecular complexity index is 698. The lowest BCUT2D eigenvalue weighted by Gasteiger charge is -2.31. The molecule has 0 bridgehead atoms. The summed E-state index contributed by atoms with van der Waals surface area (Å²) < 4.78 is 59.0. The van der Waals surface area contributed by atoms with Gasteiger partial charge in [0.25, 0.3) is 0 Å². The average molecular weight is 356 g/mol. The molecule has 138 valence electrons. The quantitative estimate of drug-likeness (QED) is 0.558. The zero-order valence-corrected chi connectivity index (χ0v) is 15.2. The SMILES string of the molecule is CCC1=CC(C(F)(F)F)=CC(C)C1c1cc(C(C)C)c(F)cc1OC. The molecule has 0 aromatic heterocycles. The van der Waals surface area contributed by atoms with Crippen molar-refractivity contribution in [3.05, 3.63) is 52.4 Å². The predicted octanol–water partition coefficient (Wildman–Crippen LogP) is 6.52. The fraction of sp³-hybridized carbons (Fsp3) is 0.500. The van der Waals surface area contributed by atoms with Crippen molar-refractivity contribution in [3.8, 4) is 5.75 Å². The maximum absolute atomic E-state index is 14.3. The molecule has 0 N–H and O–H groups in total. The molecule has 25 heavy (non-hydrogen) atoms. The second kappa shape index (κ2) is 7.22. The van der Waals surface area contributed by atoms with Crippen LogP contribution in [0, 0.1) is 11.7 Å². The summed E-state index contributed by atoms with van der Waals surface area (Å²) in [5, 5.41) is 0. The Morgan fingerprint density at radius 3 is 2.32 bits per heavy atom. The van der Waals surface area contributed by atoms with Gasteiger partial charge >= 0.3 is 6.18 Å². The van der Waals surface area contributed by atoms with E-state index in [1.165, 1.54) is 25.3 Å². The Hall–Kier alpha value is -1.78. The first-order valence-electron chi connectivity index (χ1n) is 8.46. The van der Waals surface area contributed by atoms with E-state index in [0.717, 1.165) is 5.56 Å². The van der Waals surface area contributed by atoms with E-state index in [1.54, 1.807) is 13.0 Å². The van der Waals surface area contributed by atoms with Gasteiger partial charge in [0.05, 0.1) is 12.7 Å². The van der Waals surface area contributed by atoms with E-state index in [4.69, 9.17) is 4.74 Å². The number of halogens is 4. The molecule has 0 heterocycles. The lowest BCUT2D eigenvalue weighted by Crippen LogP contribution is -2.21. The Labute approximate surface area is 146 Å². The van der Waals surface area contributed by atoms with Crippen molar-refractivity contribution in [2.45, 2.75) is 52.1 Å². The minimum Gasteiger partial charge on any atom is -0.496 e. The molecular weight excluding hydrogens is 332 g/mol. The highest BCUT2D eigenvalue weighted by Crippen LogP contribution is 2.46. The molecule has 1 aromatic carbocycles. The zero-order chi connectivity index (χ0) is 18.9. The molecule has 1 aliphatic carbocycles. The van der Waals surface area contributed by atoms with Gasteiger partial charge in [-0.2, -0.15) is 13.2 Å². The number of ether oxygens (including phenoxy) is 1. The van der Waals surface area contributed by atoms with Gasteiger partial charge in [0.1, 0.15) is 11.6 Å². The summed E-state index contributed by atoms with van der Waals surface area (Å²) >= 11 is 0. The van der Waals surface area contributed by atoms with Crippen LogP contribution in [0.3, 0.4) is 0 Å². The first-order chi connectivity index (χ1) is 11.6. The van der Waals surface area contributed by atoms with Crippen molar-refractivity contribution in [2.75, 3.05) is 7.11 Å². The second-order valence-electron chi connectivity index (χ2n) is 6.80. The molecule has 0 saturated carbocycles. The molecule has 0 radical (unpaired) electrons. The highest BCUT2D eigenvalue weighted by atomic mass is 19.4. The van der Waals surface area contributed by atoms with Crippen molar-refractivity contribution in [1.82, 2.24) is 0 Å². The van der Waals surface area contributed by atoms with Gasteiger partial charge in [-0.1, -0.05) is 45.4 Å². The van der Waals surface area contributed by atoms with Gasteiger partial charge in [0, 0.05) is 17.5 Å². The number of hydrogen-bond donors (Lipinski definition) is 0. The van der Waals surface area contributed by atoms with Crippen LogP contribution in [0.4, 0.5) is 17.6 Å². The van der Waals surface area contributed by atoms with Gasteiger partial charge in [-0.25, -0.2) is 4.39 Å². The maximum Gasteiger partial charge on any atom is 0.416 e. The summed E-state index contributed by atoms with van der Waals surface area (Å²) in [5.74, 6) is -0.631. The first-order valence-corrected chi connectivity index (χ1v) is 8.46. The summed E-state index contributed by atoms with van der Waals surface area (Å²) in [5.41, 5.74) is 1.36. The third kappa shape index (κ3) is 3.91. The van der Waals surface area contributed by atoms with Crippen molar-refractivity contribution in [1.29, 1.82) is 0 Å². The van der Waals surface area contributed by atoms with E-state index in [1.807, 2.05) is 20.8 Å². The number of benzene rings is 1. The van der Waals surface area contributed by atoms with Gasteiger partial charge in [0.15, 0.2) is 0 Å². The zero-order valence-electron chi connectivity index (χ0n) is 15.2. The van der Waals surface area contributed by atoms with Crippen LogP contribution in [0.15, 0.2) is 35.4 Å². The Morgan fingerprint density at radius 1 is 1.20 bits per heavy atom. The smallest absolute Gasteiger partial charge is 0.416 e. The monoisotopic (exact) mass is 356 g/mol. The van der Waals surface area contributed by atoms with Gasteiger partial charge in [-0.3, -0.25) is 0 Å². The van der Waals surface area contributed by atoms with E-state index in [-0.39, 0.29) is 23.6 Å². The minimum atomic E-state index is -4.37. The van der Waals surface area contributed by atoms with Crippen LogP contribution in [0.25, 0.3) is 0 Å². The van der Waals surface area contributed by atoms with E-state index < -0.39 is 11.7 Å². The molecule has 2 rings (SSSR count). The van der Waals surface area contributed by atoms with Crippen molar-refractivity contribution < 1.29 is 22.3 Å². The molecule has 1 aliphatic rings. The molecule has 2 unspecified atom stereocenters. The first kappa shape index (κ1) is 19.5. The van der Waals surface area contributed by atoms with Crippen LogP contribution in [0.2, 0.25) is 0 Å². The predicted molar refractivity (Wildman–Crippen MR) is 91.5 cm³/mol. The number of alkyl halides is 3. The molecule has 5 heteroatoms. The fourth-order valence-electron chi connectivity index (χ4n) is 3.49. The number of rotatable bonds is 4. The Morgan fingerprint density at radius 2 is 1.84 bits per heavy atom. The molecule has 0 fully saturated rings. The lowest BCUT2D eigenvalue weighted by molar-refractivity contribution is -0.0890. The van der Waals surface area contributed by atoms with Crippen LogP contribution in [-0.2, 0) is 0 Å². The highest BCUT2D eigenvalue weighted by molar-refractivity contribution is 5.49. The molecule has 1 nitrogen and oxygen atoms in total. The van der Waals surface area contributed by atoms with Gasteiger partial charge in [-0.15, -0.1) is 0 Å². The van der Waals surface area contributed by atoms with E-state index >= 15 is 0 Å². The molecular formula is C20H24F4O. The fourth-order valence-corrected chi connectivity index (χ4v) is 3.49. The molecule has 0 spiro atoms. The summed E-state index contributed by atoms with van der Waals surface area (Å²) in [6.07, 6.45) is -1.40. The maximum atomic E-state index is 14.3. The summed E-state index contributed by atoms with van der Waals surface area (Å²) in [6.45, 7) is 7.37. The summed E-state index contributed by atoms with van der Waals surface area (Å²) in [4.78, 5) is 0. The number of allylic oxidation sites excluding steroid dienone is 4. The van der Waals surface area contributed by atoms with Crippen LogP contribution in [0.1, 0.15) is 57.1 Å². The standard InChI is InChI=1S/C20H24F4O/c1-6-13-8-14(20(22,23)24)7-12(4)19(13)16-9-15(11(2)3)17(21)10-18(16)25-5/h7-12,19H,6H2,1-5H3. The van der Waals surface area contributed by atoms with E-state index in [0.29, 0.717) is 23.3 Å². The molecule has 1 aromatic rings. The van der Waals surface area contributed by atoms with Crippen molar-refractivity contribution >= 4 is 0 Å². The van der Waals surface area contributed by atoms with E-state index in [2.05, 4.69) is 0 Å². The Kier molecular flexibility index (Phi) is 5.65. The molecule has 0 aliphatic heterocycles. The third-order valence-electron chi connectivity index (χ3n) is 4.75.